The number of amides is 1. The van der Waals surface area contributed by atoms with Gasteiger partial charge in [-0.2, -0.15) is 10.4 Å². The zero-order chi connectivity index (χ0) is 13.9. The van der Waals surface area contributed by atoms with Crippen LogP contribution in [0.3, 0.4) is 0 Å². The standard InChI is InChI=1S/C15H18N4O/c16-10-13-9-14-11-18(6-3-7-19(14)17-13)15(20)8-12-4-1-2-5-12/h1,4,9,12H,2-3,5-8,11H2. The van der Waals surface area contributed by atoms with E-state index >= 15 is 0 Å². The van der Waals surface area contributed by atoms with Crippen molar-refractivity contribution in [2.24, 2.45) is 5.92 Å². The Hall–Kier alpha value is -2.09. The second kappa shape index (κ2) is 5.49. The largest absolute Gasteiger partial charge is 0.337 e. The Balaban J connectivity index is 1.69. The van der Waals surface area contributed by atoms with Gasteiger partial charge in [-0.1, -0.05) is 12.2 Å². The van der Waals surface area contributed by atoms with Crippen molar-refractivity contribution in [3.8, 4) is 6.07 Å². The van der Waals surface area contributed by atoms with Crippen molar-refractivity contribution in [3.63, 3.8) is 0 Å². The molecule has 1 aliphatic heterocycles. The van der Waals surface area contributed by atoms with Crippen LogP contribution >= 0.6 is 0 Å². The fraction of sp³-hybridized carbons (Fsp3) is 0.533. The van der Waals surface area contributed by atoms with E-state index in [0.29, 0.717) is 24.6 Å². The van der Waals surface area contributed by atoms with Gasteiger partial charge in [-0.15, -0.1) is 0 Å². The molecule has 1 unspecified atom stereocenters. The lowest BCUT2D eigenvalue weighted by Gasteiger charge is -2.21. The first-order chi connectivity index (χ1) is 9.76. The minimum absolute atomic E-state index is 0.217. The Morgan fingerprint density at radius 2 is 2.40 bits per heavy atom. The van der Waals surface area contributed by atoms with Gasteiger partial charge in [0.2, 0.25) is 5.91 Å². The van der Waals surface area contributed by atoms with E-state index in [9.17, 15) is 4.79 Å². The van der Waals surface area contributed by atoms with Gasteiger partial charge in [0.25, 0.3) is 0 Å². The smallest absolute Gasteiger partial charge is 0.223 e. The van der Waals surface area contributed by atoms with Crippen LogP contribution in [0, 0.1) is 17.2 Å². The normalized spacial score (nSPS) is 21.4. The van der Waals surface area contributed by atoms with E-state index in [1.807, 2.05) is 9.58 Å². The summed E-state index contributed by atoms with van der Waals surface area (Å²) in [5, 5.41) is 13.1. The minimum Gasteiger partial charge on any atom is -0.337 e. The fourth-order valence-electron chi connectivity index (χ4n) is 2.95. The molecule has 2 heterocycles. The van der Waals surface area contributed by atoms with E-state index in [4.69, 9.17) is 5.26 Å². The lowest BCUT2D eigenvalue weighted by Crippen LogP contribution is -2.31. The number of nitrogens with zero attached hydrogens (tertiary/aromatic N) is 4. The second-order valence-corrected chi connectivity index (χ2v) is 5.49. The van der Waals surface area contributed by atoms with Gasteiger partial charge >= 0.3 is 0 Å². The first-order valence-corrected chi connectivity index (χ1v) is 7.17. The van der Waals surface area contributed by atoms with Gasteiger partial charge in [0.05, 0.1) is 12.2 Å². The molecular weight excluding hydrogens is 252 g/mol. The zero-order valence-electron chi connectivity index (χ0n) is 11.5. The molecule has 1 aromatic rings. The van der Waals surface area contributed by atoms with E-state index in [2.05, 4.69) is 23.3 Å². The Labute approximate surface area is 118 Å². The zero-order valence-corrected chi connectivity index (χ0v) is 11.5. The number of aryl methyl sites for hydroxylation is 1. The molecule has 1 amide bonds. The molecule has 3 rings (SSSR count). The SMILES string of the molecule is N#Cc1cc2n(n1)CCCN(C(=O)CC1C=CCC1)C2. The molecule has 0 N–H and O–H groups in total. The second-order valence-electron chi connectivity index (χ2n) is 5.49. The number of aromatic nitrogens is 2. The predicted octanol–water partition coefficient (Wildman–Crippen LogP) is 1.84. The van der Waals surface area contributed by atoms with E-state index in [1.54, 1.807) is 6.07 Å². The van der Waals surface area contributed by atoms with E-state index < -0.39 is 0 Å². The fourth-order valence-corrected chi connectivity index (χ4v) is 2.95. The van der Waals surface area contributed by atoms with E-state index in [0.717, 1.165) is 38.0 Å². The summed E-state index contributed by atoms with van der Waals surface area (Å²) in [6, 6.07) is 3.86. The van der Waals surface area contributed by atoms with Gasteiger partial charge in [0, 0.05) is 19.5 Å². The Kier molecular flexibility index (Phi) is 3.55. The van der Waals surface area contributed by atoms with Crippen molar-refractivity contribution < 1.29 is 4.79 Å². The summed E-state index contributed by atoms with van der Waals surface area (Å²) < 4.78 is 1.86. The van der Waals surface area contributed by atoms with Crippen LogP contribution in [0.2, 0.25) is 0 Å². The molecule has 5 nitrogen and oxygen atoms in total. The third-order valence-corrected chi connectivity index (χ3v) is 4.03. The highest BCUT2D eigenvalue weighted by Gasteiger charge is 2.23. The molecule has 20 heavy (non-hydrogen) atoms. The molecule has 0 fully saturated rings. The van der Waals surface area contributed by atoms with Crippen molar-refractivity contribution in [1.82, 2.24) is 14.7 Å². The molecule has 104 valence electrons. The van der Waals surface area contributed by atoms with E-state index in [-0.39, 0.29) is 5.91 Å². The number of nitriles is 1. The first kappa shape index (κ1) is 12.9. The van der Waals surface area contributed by atoms with Crippen LogP contribution in [-0.2, 0) is 17.9 Å². The molecule has 1 atom stereocenters. The summed E-state index contributed by atoms with van der Waals surface area (Å²) in [6.07, 6.45) is 8.01. The molecule has 0 saturated heterocycles. The molecule has 0 aromatic carbocycles. The van der Waals surface area contributed by atoms with Crippen molar-refractivity contribution >= 4 is 5.91 Å². The molecule has 0 spiro atoms. The first-order valence-electron chi connectivity index (χ1n) is 7.17. The number of allylic oxidation sites excluding steroid dienone is 2. The summed E-state index contributed by atoms with van der Waals surface area (Å²) >= 11 is 0. The van der Waals surface area contributed by atoms with Crippen LogP contribution in [0.5, 0.6) is 0 Å². The maximum absolute atomic E-state index is 12.4. The maximum Gasteiger partial charge on any atom is 0.223 e. The minimum atomic E-state index is 0.217. The Bertz CT molecular complexity index is 581. The number of hydrogen-bond acceptors (Lipinski definition) is 3. The quantitative estimate of drug-likeness (QED) is 0.770. The Morgan fingerprint density at radius 3 is 3.15 bits per heavy atom. The molecule has 1 aromatic heterocycles. The van der Waals surface area contributed by atoms with Crippen LogP contribution < -0.4 is 0 Å². The van der Waals surface area contributed by atoms with Gasteiger partial charge in [-0.25, -0.2) is 0 Å². The summed E-state index contributed by atoms with van der Waals surface area (Å²) in [5.74, 6) is 0.625. The van der Waals surface area contributed by atoms with Crippen molar-refractivity contribution in [2.75, 3.05) is 6.54 Å². The van der Waals surface area contributed by atoms with Crippen LogP contribution in [0.4, 0.5) is 0 Å². The van der Waals surface area contributed by atoms with Gasteiger partial charge in [-0.3, -0.25) is 9.48 Å². The van der Waals surface area contributed by atoms with E-state index in [1.165, 1.54) is 0 Å². The molecule has 0 bridgehead atoms. The molecule has 2 aliphatic rings. The topological polar surface area (TPSA) is 61.9 Å². The van der Waals surface area contributed by atoms with Gasteiger partial charge < -0.3 is 4.90 Å². The number of carbonyl (C=O) groups excluding carboxylic acids is 1. The highest BCUT2D eigenvalue weighted by atomic mass is 16.2. The van der Waals surface area contributed by atoms with Gasteiger partial charge in [0.15, 0.2) is 5.69 Å². The lowest BCUT2D eigenvalue weighted by molar-refractivity contribution is -0.132. The van der Waals surface area contributed by atoms with Crippen molar-refractivity contribution in [3.05, 3.63) is 29.6 Å². The highest BCUT2D eigenvalue weighted by molar-refractivity contribution is 5.76. The molecule has 1 aliphatic carbocycles. The summed E-state index contributed by atoms with van der Waals surface area (Å²) in [4.78, 5) is 14.3. The molecule has 5 heteroatoms. The summed E-state index contributed by atoms with van der Waals surface area (Å²) in [7, 11) is 0. The third-order valence-electron chi connectivity index (χ3n) is 4.03. The number of fused-ring (bicyclic) bond motifs is 1. The van der Waals surface area contributed by atoms with Crippen LogP contribution in [0.15, 0.2) is 18.2 Å². The van der Waals surface area contributed by atoms with Crippen molar-refractivity contribution in [2.45, 2.75) is 38.8 Å². The van der Waals surface area contributed by atoms with Gasteiger partial charge in [0.1, 0.15) is 6.07 Å². The average Bonchev–Trinajstić information content (AvgIpc) is 3.04. The molecule has 0 saturated carbocycles. The van der Waals surface area contributed by atoms with Gasteiger partial charge in [-0.05, 0) is 31.2 Å². The number of carbonyl (C=O) groups is 1. The Morgan fingerprint density at radius 1 is 1.50 bits per heavy atom. The van der Waals surface area contributed by atoms with Crippen LogP contribution in [0.25, 0.3) is 0 Å². The molecular formula is C15H18N4O. The third kappa shape index (κ3) is 2.60. The average molecular weight is 270 g/mol. The maximum atomic E-state index is 12.4. The predicted molar refractivity (Wildman–Crippen MR) is 73.5 cm³/mol. The summed E-state index contributed by atoms with van der Waals surface area (Å²) in [5.41, 5.74) is 1.40. The molecule has 0 radical (unpaired) electrons. The number of hydrogen-bond donors (Lipinski definition) is 0. The van der Waals surface area contributed by atoms with Crippen molar-refractivity contribution in [1.29, 1.82) is 5.26 Å². The highest BCUT2D eigenvalue weighted by Crippen LogP contribution is 2.22. The lowest BCUT2D eigenvalue weighted by atomic mass is 10.0. The van der Waals surface area contributed by atoms with Crippen LogP contribution in [-0.4, -0.2) is 27.1 Å². The number of rotatable bonds is 2. The van der Waals surface area contributed by atoms with Crippen LogP contribution in [0.1, 0.15) is 37.1 Å². The summed E-state index contributed by atoms with van der Waals surface area (Å²) in [6.45, 7) is 2.13. The monoisotopic (exact) mass is 270 g/mol.